The van der Waals surface area contributed by atoms with E-state index in [1.54, 1.807) is 0 Å². The Labute approximate surface area is 87.8 Å². The number of nitrogens with two attached hydrogens (primary N) is 1. The Morgan fingerprint density at radius 3 is 2.64 bits per heavy atom. The first-order chi connectivity index (χ1) is 6.90. The number of hydrogen-bond donors (Lipinski definition) is 1. The molecule has 1 heterocycles. The molecule has 0 spiro atoms. The summed E-state index contributed by atoms with van der Waals surface area (Å²) in [7, 11) is 0. The highest BCUT2D eigenvalue weighted by atomic mass is 15.1. The molecule has 14 heavy (non-hydrogen) atoms. The zero-order valence-corrected chi connectivity index (χ0v) is 9.25. The average Bonchev–Trinajstić information content (AvgIpc) is 2.26. The molecule has 1 saturated heterocycles. The molecule has 2 aliphatic rings. The molecule has 0 unspecified atom stereocenters. The van der Waals surface area contributed by atoms with Crippen molar-refractivity contribution in [3.05, 3.63) is 0 Å². The average molecular weight is 196 g/mol. The number of fused-ring (bicyclic) bond motifs is 1. The normalized spacial score (nSPS) is 34.1. The maximum Gasteiger partial charge on any atom is 0.00123 e. The van der Waals surface area contributed by atoms with E-state index in [0.29, 0.717) is 0 Å². The first-order valence-electron chi connectivity index (χ1n) is 6.32. The zero-order chi connectivity index (χ0) is 9.80. The molecule has 0 aromatic heterocycles. The van der Waals surface area contributed by atoms with Gasteiger partial charge >= 0.3 is 0 Å². The van der Waals surface area contributed by atoms with Crippen molar-refractivity contribution >= 4 is 0 Å². The minimum absolute atomic E-state index is 0.852. The highest BCUT2D eigenvalue weighted by molar-refractivity contribution is 4.83. The van der Waals surface area contributed by atoms with Gasteiger partial charge in [0.1, 0.15) is 0 Å². The quantitative estimate of drug-likeness (QED) is 0.746. The minimum Gasteiger partial charge on any atom is -0.330 e. The van der Waals surface area contributed by atoms with Crippen LogP contribution in [-0.2, 0) is 0 Å². The van der Waals surface area contributed by atoms with Gasteiger partial charge in [0, 0.05) is 6.54 Å². The maximum atomic E-state index is 5.55. The first-order valence-corrected chi connectivity index (χ1v) is 6.32. The van der Waals surface area contributed by atoms with Crippen molar-refractivity contribution in [3.63, 3.8) is 0 Å². The van der Waals surface area contributed by atoms with E-state index >= 15 is 0 Å². The van der Waals surface area contributed by atoms with Crippen LogP contribution < -0.4 is 5.73 Å². The van der Waals surface area contributed by atoms with Gasteiger partial charge in [-0.1, -0.05) is 19.3 Å². The van der Waals surface area contributed by atoms with Gasteiger partial charge < -0.3 is 10.6 Å². The fourth-order valence-electron chi connectivity index (χ4n) is 3.19. The lowest BCUT2D eigenvalue weighted by atomic mass is 9.75. The van der Waals surface area contributed by atoms with Crippen molar-refractivity contribution in [2.75, 3.05) is 26.2 Å². The van der Waals surface area contributed by atoms with Gasteiger partial charge in [0.25, 0.3) is 0 Å². The molecular formula is C12H24N2. The van der Waals surface area contributed by atoms with Crippen LogP contribution in [0.1, 0.15) is 38.5 Å². The van der Waals surface area contributed by atoms with E-state index < -0.39 is 0 Å². The Kier molecular flexibility index (Phi) is 3.82. The van der Waals surface area contributed by atoms with Crippen molar-refractivity contribution < 1.29 is 0 Å². The van der Waals surface area contributed by atoms with Crippen molar-refractivity contribution in [3.8, 4) is 0 Å². The molecule has 1 aliphatic heterocycles. The fraction of sp³-hybridized carbons (Fsp3) is 1.00. The largest absolute Gasteiger partial charge is 0.330 e. The van der Waals surface area contributed by atoms with Crippen LogP contribution in [-0.4, -0.2) is 31.1 Å². The van der Waals surface area contributed by atoms with Gasteiger partial charge in [-0.15, -0.1) is 0 Å². The monoisotopic (exact) mass is 196 g/mol. The van der Waals surface area contributed by atoms with Gasteiger partial charge in [-0.25, -0.2) is 0 Å². The summed E-state index contributed by atoms with van der Waals surface area (Å²) < 4.78 is 0. The number of rotatable bonds is 3. The molecule has 0 bridgehead atoms. The minimum atomic E-state index is 0.852. The lowest BCUT2D eigenvalue weighted by Gasteiger charge is -2.41. The molecule has 0 radical (unpaired) electrons. The van der Waals surface area contributed by atoms with Crippen LogP contribution in [0.25, 0.3) is 0 Å². The topological polar surface area (TPSA) is 29.3 Å². The fourth-order valence-corrected chi connectivity index (χ4v) is 3.19. The molecule has 2 N–H and O–H groups in total. The molecule has 1 saturated carbocycles. The van der Waals surface area contributed by atoms with Crippen LogP contribution in [0, 0.1) is 11.8 Å². The first kappa shape index (κ1) is 10.4. The van der Waals surface area contributed by atoms with Gasteiger partial charge in [-0.05, 0) is 50.7 Å². The van der Waals surface area contributed by atoms with E-state index in [9.17, 15) is 0 Å². The van der Waals surface area contributed by atoms with Gasteiger partial charge in [0.15, 0.2) is 0 Å². The van der Waals surface area contributed by atoms with Crippen LogP contribution in [0.5, 0.6) is 0 Å². The molecule has 0 amide bonds. The van der Waals surface area contributed by atoms with Crippen LogP contribution in [0.3, 0.4) is 0 Å². The van der Waals surface area contributed by atoms with Crippen molar-refractivity contribution in [1.29, 1.82) is 0 Å². The number of hydrogen-bond acceptors (Lipinski definition) is 2. The van der Waals surface area contributed by atoms with Crippen molar-refractivity contribution in [1.82, 2.24) is 4.90 Å². The highest BCUT2D eigenvalue weighted by Crippen LogP contribution is 2.35. The van der Waals surface area contributed by atoms with E-state index in [4.69, 9.17) is 5.73 Å². The lowest BCUT2D eigenvalue weighted by molar-refractivity contribution is 0.0866. The van der Waals surface area contributed by atoms with Crippen molar-refractivity contribution in [2.24, 2.45) is 17.6 Å². The standard InChI is InChI=1S/C12H24N2/c13-7-3-8-14-9-6-11-4-1-2-5-12(11)10-14/h11-12H,1-10,13H2/t11-,12-/m0/s1. The Balaban J connectivity index is 1.77. The predicted octanol–water partition coefficient (Wildman–Crippen LogP) is 1.85. The second kappa shape index (κ2) is 5.13. The smallest absolute Gasteiger partial charge is 0.00123 e. The van der Waals surface area contributed by atoms with E-state index in [-0.39, 0.29) is 0 Å². The van der Waals surface area contributed by atoms with E-state index in [1.165, 1.54) is 58.2 Å². The van der Waals surface area contributed by atoms with Crippen LogP contribution in [0.2, 0.25) is 0 Å². The number of nitrogens with zero attached hydrogens (tertiary/aromatic N) is 1. The third-order valence-electron chi connectivity index (χ3n) is 4.05. The van der Waals surface area contributed by atoms with Crippen molar-refractivity contribution in [2.45, 2.75) is 38.5 Å². The van der Waals surface area contributed by atoms with Gasteiger partial charge in [0.05, 0.1) is 0 Å². The van der Waals surface area contributed by atoms with Crippen LogP contribution in [0.4, 0.5) is 0 Å². The molecular weight excluding hydrogens is 172 g/mol. The Morgan fingerprint density at radius 1 is 1.07 bits per heavy atom. The summed E-state index contributed by atoms with van der Waals surface area (Å²) in [6.07, 6.45) is 8.60. The Hall–Kier alpha value is -0.0800. The summed E-state index contributed by atoms with van der Waals surface area (Å²) in [4.78, 5) is 2.64. The van der Waals surface area contributed by atoms with E-state index in [0.717, 1.165) is 18.4 Å². The Bertz CT molecular complexity index is 170. The third kappa shape index (κ3) is 2.48. The van der Waals surface area contributed by atoms with E-state index in [2.05, 4.69) is 4.90 Å². The lowest BCUT2D eigenvalue weighted by Crippen LogP contribution is -2.42. The molecule has 2 atom stereocenters. The number of piperidine rings is 1. The summed E-state index contributed by atoms with van der Waals surface area (Å²) in [5.74, 6) is 2.09. The van der Waals surface area contributed by atoms with Gasteiger partial charge in [-0.3, -0.25) is 0 Å². The second-order valence-corrected chi connectivity index (χ2v) is 5.04. The summed E-state index contributed by atoms with van der Waals surface area (Å²) in [5, 5.41) is 0. The van der Waals surface area contributed by atoms with E-state index in [1.807, 2.05) is 0 Å². The molecule has 1 aliphatic carbocycles. The maximum absolute atomic E-state index is 5.55. The number of likely N-dealkylation sites (tertiary alicyclic amines) is 1. The zero-order valence-electron chi connectivity index (χ0n) is 9.25. The van der Waals surface area contributed by atoms with Gasteiger partial charge in [0.2, 0.25) is 0 Å². The summed E-state index contributed by atoms with van der Waals surface area (Å²) in [6.45, 7) is 4.79. The second-order valence-electron chi connectivity index (χ2n) is 5.04. The molecule has 0 aromatic rings. The predicted molar refractivity (Wildman–Crippen MR) is 60.2 cm³/mol. The molecule has 2 nitrogen and oxygen atoms in total. The summed E-state index contributed by atoms with van der Waals surface area (Å²) in [6, 6.07) is 0. The summed E-state index contributed by atoms with van der Waals surface area (Å²) in [5.41, 5.74) is 5.55. The third-order valence-corrected chi connectivity index (χ3v) is 4.05. The summed E-state index contributed by atoms with van der Waals surface area (Å²) >= 11 is 0. The molecule has 2 heteroatoms. The highest BCUT2D eigenvalue weighted by Gasteiger charge is 2.30. The Morgan fingerprint density at radius 2 is 1.86 bits per heavy atom. The molecule has 2 rings (SSSR count). The molecule has 82 valence electrons. The van der Waals surface area contributed by atoms with Crippen LogP contribution in [0.15, 0.2) is 0 Å². The van der Waals surface area contributed by atoms with Crippen LogP contribution >= 0.6 is 0 Å². The van der Waals surface area contributed by atoms with Gasteiger partial charge in [-0.2, -0.15) is 0 Å². The SMILES string of the molecule is NCCCN1CC[C@@H]2CCCC[C@H]2C1. The molecule has 0 aromatic carbocycles. The molecule has 2 fully saturated rings.